The van der Waals surface area contributed by atoms with Crippen molar-refractivity contribution in [3.8, 4) is 0 Å². The molecule has 0 amide bonds. The molecular weight excluding hydrogens is 427 g/mol. The number of fused-ring (bicyclic) bond motifs is 1. The van der Waals surface area contributed by atoms with Crippen molar-refractivity contribution >= 4 is 43.5 Å². The first kappa shape index (κ1) is 18.5. The Morgan fingerprint density at radius 1 is 1.27 bits per heavy atom. The van der Waals surface area contributed by atoms with Crippen molar-refractivity contribution in [1.29, 1.82) is 0 Å². The summed E-state index contributed by atoms with van der Waals surface area (Å²) in [7, 11) is 0. The Morgan fingerprint density at radius 3 is 2.73 bits per heavy atom. The van der Waals surface area contributed by atoms with E-state index in [4.69, 9.17) is 4.74 Å². The monoisotopic (exact) mass is 440 g/mol. The third kappa shape index (κ3) is 3.49. The molecule has 0 spiro atoms. The average Bonchev–Trinajstić information content (AvgIpc) is 3.07. The van der Waals surface area contributed by atoms with Gasteiger partial charge in [-0.3, -0.25) is 18.7 Å². The van der Waals surface area contributed by atoms with Crippen LogP contribution in [0, 0.1) is 5.82 Å². The summed E-state index contributed by atoms with van der Waals surface area (Å²) in [5, 5.41) is 1.66. The number of halogens is 2. The van der Waals surface area contributed by atoms with E-state index in [1.54, 1.807) is 24.4 Å². The van der Waals surface area contributed by atoms with Gasteiger partial charge in [-0.25, -0.2) is 9.18 Å². The number of nitrogens with zero attached hydrogens (tertiary/aromatic N) is 2. The molecule has 0 bridgehead atoms. The molecule has 0 fully saturated rings. The highest BCUT2D eigenvalue weighted by atomic mass is 79.9. The lowest BCUT2D eigenvalue weighted by Gasteiger charge is -2.12. The lowest BCUT2D eigenvalue weighted by atomic mass is 10.2. The zero-order valence-electron chi connectivity index (χ0n) is 13.7. The average molecular weight is 441 g/mol. The standard InChI is InChI=1S/C17H14BrFN2O4S/c1-2-25-14(22)9-20-13-5-6-26-15(13)16(23)21(17(20)24)8-10-3-4-11(18)7-12(10)19/h3-7H,2,8-9H2,1H3. The Bertz CT molecular complexity index is 1100. The summed E-state index contributed by atoms with van der Waals surface area (Å²) in [5.41, 5.74) is -0.629. The van der Waals surface area contributed by atoms with Gasteiger partial charge in [0, 0.05) is 10.0 Å². The highest BCUT2D eigenvalue weighted by Gasteiger charge is 2.18. The van der Waals surface area contributed by atoms with Gasteiger partial charge >= 0.3 is 11.7 Å². The number of carbonyl (C=O) groups excluding carboxylic acids is 1. The van der Waals surface area contributed by atoms with E-state index in [9.17, 15) is 18.8 Å². The predicted octanol–water partition coefficient (Wildman–Crippen LogP) is 2.74. The molecule has 0 saturated heterocycles. The van der Waals surface area contributed by atoms with Crippen LogP contribution in [0.5, 0.6) is 0 Å². The van der Waals surface area contributed by atoms with Gasteiger partial charge in [-0.15, -0.1) is 11.3 Å². The number of benzene rings is 1. The van der Waals surface area contributed by atoms with Gasteiger partial charge in [0.1, 0.15) is 17.1 Å². The zero-order valence-corrected chi connectivity index (χ0v) is 16.1. The highest BCUT2D eigenvalue weighted by molar-refractivity contribution is 9.10. The minimum atomic E-state index is -0.684. The fourth-order valence-electron chi connectivity index (χ4n) is 2.58. The highest BCUT2D eigenvalue weighted by Crippen LogP contribution is 2.18. The van der Waals surface area contributed by atoms with E-state index in [-0.39, 0.29) is 25.3 Å². The third-order valence-electron chi connectivity index (χ3n) is 3.77. The van der Waals surface area contributed by atoms with Gasteiger partial charge in [0.25, 0.3) is 5.56 Å². The first-order chi connectivity index (χ1) is 12.4. The van der Waals surface area contributed by atoms with Gasteiger partial charge in [-0.05, 0) is 30.5 Å². The fraction of sp³-hybridized carbons (Fsp3) is 0.235. The molecule has 0 radical (unpaired) electrons. The van der Waals surface area contributed by atoms with Crippen LogP contribution in [-0.4, -0.2) is 21.7 Å². The molecule has 2 heterocycles. The number of esters is 1. The number of thiophene rings is 1. The van der Waals surface area contributed by atoms with Gasteiger partial charge in [0.05, 0.1) is 18.7 Å². The van der Waals surface area contributed by atoms with Crippen LogP contribution in [0.4, 0.5) is 4.39 Å². The van der Waals surface area contributed by atoms with Gasteiger partial charge in [-0.2, -0.15) is 0 Å². The molecule has 2 aromatic heterocycles. The molecule has 136 valence electrons. The summed E-state index contributed by atoms with van der Waals surface area (Å²) in [6.45, 7) is 1.30. The Balaban J connectivity index is 2.14. The molecule has 3 rings (SSSR count). The SMILES string of the molecule is CCOC(=O)Cn1c(=O)n(Cc2ccc(Br)cc2F)c(=O)c2sccc21. The van der Waals surface area contributed by atoms with Crippen molar-refractivity contribution in [2.75, 3.05) is 6.61 Å². The van der Waals surface area contributed by atoms with Crippen molar-refractivity contribution in [2.24, 2.45) is 0 Å². The van der Waals surface area contributed by atoms with Crippen LogP contribution >= 0.6 is 27.3 Å². The minimum Gasteiger partial charge on any atom is -0.465 e. The fourth-order valence-corrected chi connectivity index (χ4v) is 3.76. The number of hydrogen-bond acceptors (Lipinski definition) is 5. The Labute approximate surface area is 159 Å². The van der Waals surface area contributed by atoms with Crippen molar-refractivity contribution < 1.29 is 13.9 Å². The first-order valence-electron chi connectivity index (χ1n) is 7.72. The second-order valence-electron chi connectivity index (χ2n) is 5.44. The normalized spacial score (nSPS) is 11.0. The van der Waals surface area contributed by atoms with E-state index in [2.05, 4.69) is 15.9 Å². The second-order valence-corrected chi connectivity index (χ2v) is 7.27. The van der Waals surface area contributed by atoms with Crippen LogP contribution in [0.2, 0.25) is 0 Å². The molecule has 0 aliphatic rings. The maximum absolute atomic E-state index is 14.1. The van der Waals surface area contributed by atoms with Gasteiger partial charge in [0.15, 0.2) is 0 Å². The van der Waals surface area contributed by atoms with E-state index in [0.717, 1.165) is 15.9 Å². The molecule has 0 atom stereocenters. The van der Waals surface area contributed by atoms with Crippen molar-refractivity contribution in [1.82, 2.24) is 9.13 Å². The molecule has 26 heavy (non-hydrogen) atoms. The van der Waals surface area contributed by atoms with E-state index < -0.39 is 23.0 Å². The molecule has 0 aliphatic heterocycles. The van der Waals surface area contributed by atoms with Gasteiger partial charge in [-0.1, -0.05) is 22.0 Å². The summed E-state index contributed by atoms with van der Waals surface area (Å²) < 4.78 is 22.0. The molecule has 1 aromatic carbocycles. The van der Waals surface area contributed by atoms with E-state index in [1.165, 1.54) is 16.7 Å². The maximum atomic E-state index is 14.1. The van der Waals surface area contributed by atoms with Crippen LogP contribution in [0.3, 0.4) is 0 Å². The largest absolute Gasteiger partial charge is 0.465 e. The molecule has 0 N–H and O–H groups in total. The summed E-state index contributed by atoms with van der Waals surface area (Å²) in [6, 6.07) is 6.00. The van der Waals surface area contributed by atoms with Crippen molar-refractivity contribution in [3.63, 3.8) is 0 Å². The third-order valence-corrected chi connectivity index (χ3v) is 5.16. The maximum Gasteiger partial charge on any atom is 0.332 e. The number of ether oxygens (including phenoxy) is 1. The Morgan fingerprint density at radius 2 is 2.04 bits per heavy atom. The molecule has 0 unspecified atom stereocenters. The van der Waals surface area contributed by atoms with Crippen LogP contribution in [0.15, 0.2) is 43.7 Å². The van der Waals surface area contributed by atoms with E-state index in [0.29, 0.717) is 14.7 Å². The Hall–Kier alpha value is -2.26. The molecule has 3 aromatic rings. The van der Waals surface area contributed by atoms with Crippen molar-refractivity contribution in [2.45, 2.75) is 20.0 Å². The van der Waals surface area contributed by atoms with Crippen LogP contribution < -0.4 is 11.2 Å². The first-order valence-corrected chi connectivity index (χ1v) is 9.40. The van der Waals surface area contributed by atoms with E-state index >= 15 is 0 Å². The summed E-state index contributed by atoms with van der Waals surface area (Å²) in [6.07, 6.45) is 0. The minimum absolute atomic E-state index is 0.185. The molecular formula is C17H14BrFN2O4S. The zero-order chi connectivity index (χ0) is 18.8. The molecule has 9 heteroatoms. The molecule has 0 aliphatic carbocycles. The molecule has 0 saturated carbocycles. The summed E-state index contributed by atoms with van der Waals surface area (Å²) in [5.74, 6) is -1.11. The number of rotatable bonds is 5. The summed E-state index contributed by atoms with van der Waals surface area (Å²) in [4.78, 5) is 37.3. The van der Waals surface area contributed by atoms with Crippen LogP contribution in [0.1, 0.15) is 12.5 Å². The van der Waals surface area contributed by atoms with Crippen molar-refractivity contribution in [3.05, 3.63) is 66.3 Å². The van der Waals surface area contributed by atoms with Gasteiger partial charge in [0.2, 0.25) is 0 Å². The lowest BCUT2D eigenvalue weighted by Crippen LogP contribution is -2.41. The van der Waals surface area contributed by atoms with Crippen LogP contribution in [-0.2, 0) is 22.6 Å². The topological polar surface area (TPSA) is 70.3 Å². The predicted molar refractivity (Wildman–Crippen MR) is 100 cm³/mol. The van der Waals surface area contributed by atoms with Crippen LogP contribution in [0.25, 0.3) is 10.2 Å². The molecule has 6 nitrogen and oxygen atoms in total. The number of hydrogen-bond donors (Lipinski definition) is 0. The number of carbonyl (C=O) groups is 1. The lowest BCUT2D eigenvalue weighted by molar-refractivity contribution is -0.143. The van der Waals surface area contributed by atoms with E-state index in [1.807, 2.05) is 0 Å². The smallest absolute Gasteiger partial charge is 0.332 e. The quantitative estimate of drug-likeness (QED) is 0.571. The Kier molecular flexibility index (Phi) is 5.38. The summed E-state index contributed by atoms with van der Waals surface area (Å²) >= 11 is 4.33. The number of aromatic nitrogens is 2. The van der Waals surface area contributed by atoms with Gasteiger partial charge < -0.3 is 4.74 Å². The second kappa shape index (κ2) is 7.55.